The third kappa shape index (κ3) is 2.74. The molecular weight excluding hydrogens is 216 g/mol. The molecule has 0 fully saturated rings. The summed E-state index contributed by atoms with van der Waals surface area (Å²) in [6.45, 7) is 1.48. The lowest BCUT2D eigenvalue weighted by Crippen LogP contribution is -2.22. The standard InChI is InChI=1S/C7H12N6O3/c1-4(3-14)10-6-5(13(15)16)2-9-7(11-6)12-8/h2,4,14H,3,8H2,1H3,(H2,9,10,11,12). The molecule has 16 heavy (non-hydrogen) atoms. The zero-order valence-corrected chi connectivity index (χ0v) is 8.54. The highest BCUT2D eigenvalue weighted by Gasteiger charge is 2.18. The van der Waals surface area contributed by atoms with Crippen LogP contribution in [-0.4, -0.2) is 32.6 Å². The summed E-state index contributed by atoms with van der Waals surface area (Å²) < 4.78 is 0. The maximum Gasteiger partial charge on any atom is 0.329 e. The number of rotatable bonds is 5. The van der Waals surface area contributed by atoms with Crippen molar-refractivity contribution in [1.82, 2.24) is 9.97 Å². The minimum Gasteiger partial charge on any atom is -0.394 e. The first-order chi connectivity index (χ1) is 7.58. The van der Waals surface area contributed by atoms with Crippen molar-refractivity contribution < 1.29 is 10.0 Å². The average molecular weight is 228 g/mol. The molecule has 1 rings (SSSR count). The second-order valence-corrected chi connectivity index (χ2v) is 3.06. The molecule has 0 aliphatic rings. The molecule has 9 nitrogen and oxygen atoms in total. The van der Waals surface area contributed by atoms with E-state index in [9.17, 15) is 10.1 Å². The third-order valence-corrected chi connectivity index (χ3v) is 1.75. The van der Waals surface area contributed by atoms with Crippen molar-refractivity contribution in [2.45, 2.75) is 13.0 Å². The second kappa shape index (κ2) is 5.19. The minimum atomic E-state index is -0.618. The summed E-state index contributed by atoms with van der Waals surface area (Å²) in [5.74, 6) is 5.15. The van der Waals surface area contributed by atoms with Crippen LogP contribution in [0, 0.1) is 10.1 Å². The zero-order chi connectivity index (χ0) is 12.1. The van der Waals surface area contributed by atoms with Crippen molar-refractivity contribution in [2.75, 3.05) is 17.3 Å². The van der Waals surface area contributed by atoms with Crippen LogP contribution in [0.15, 0.2) is 6.20 Å². The molecular formula is C7H12N6O3. The Kier molecular flexibility index (Phi) is 3.91. The Bertz CT molecular complexity index is 384. The molecule has 0 saturated heterocycles. The number of nitrogens with zero attached hydrogens (tertiary/aromatic N) is 3. The van der Waals surface area contributed by atoms with Gasteiger partial charge in [-0.25, -0.2) is 10.8 Å². The summed E-state index contributed by atoms with van der Waals surface area (Å²) in [6.07, 6.45) is 1.04. The molecule has 0 bridgehead atoms. The third-order valence-electron chi connectivity index (χ3n) is 1.75. The lowest BCUT2D eigenvalue weighted by Gasteiger charge is -2.11. The lowest BCUT2D eigenvalue weighted by molar-refractivity contribution is -0.384. The van der Waals surface area contributed by atoms with Crippen LogP contribution in [0.3, 0.4) is 0 Å². The fraction of sp³-hybridized carbons (Fsp3) is 0.429. The Labute approximate surface area is 90.8 Å². The van der Waals surface area contributed by atoms with Gasteiger partial charge in [0.25, 0.3) is 0 Å². The van der Waals surface area contributed by atoms with Crippen LogP contribution in [0.5, 0.6) is 0 Å². The SMILES string of the molecule is CC(CO)Nc1nc(NN)ncc1[N+](=O)[O-]. The van der Waals surface area contributed by atoms with Gasteiger partial charge in [-0.15, -0.1) is 0 Å². The summed E-state index contributed by atoms with van der Waals surface area (Å²) in [5, 5.41) is 22.2. The van der Waals surface area contributed by atoms with Gasteiger partial charge in [0, 0.05) is 6.04 Å². The fourth-order valence-corrected chi connectivity index (χ4v) is 0.964. The van der Waals surface area contributed by atoms with Gasteiger partial charge in [0.05, 0.1) is 11.5 Å². The first kappa shape index (κ1) is 12.1. The Balaban J connectivity index is 3.05. The Morgan fingerprint density at radius 3 is 2.94 bits per heavy atom. The number of aromatic nitrogens is 2. The molecule has 5 N–H and O–H groups in total. The number of hydrogen-bond donors (Lipinski definition) is 4. The molecule has 9 heteroatoms. The highest BCUT2D eigenvalue weighted by molar-refractivity contribution is 5.57. The van der Waals surface area contributed by atoms with Crippen LogP contribution in [-0.2, 0) is 0 Å². The first-order valence-corrected chi connectivity index (χ1v) is 4.44. The largest absolute Gasteiger partial charge is 0.394 e. The molecule has 0 aliphatic carbocycles. The number of nitro groups is 1. The van der Waals surface area contributed by atoms with Crippen molar-refractivity contribution in [3.8, 4) is 0 Å². The molecule has 0 aromatic carbocycles. The van der Waals surface area contributed by atoms with Crippen molar-refractivity contribution in [2.24, 2.45) is 5.84 Å². The van der Waals surface area contributed by atoms with Gasteiger partial charge < -0.3 is 10.4 Å². The number of aliphatic hydroxyl groups excluding tert-OH is 1. The summed E-state index contributed by atoms with van der Waals surface area (Å²) in [7, 11) is 0. The van der Waals surface area contributed by atoms with Crippen LogP contribution in [0.1, 0.15) is 6.92 Å². The van der Waals surface area contributed by atoms with Gasteiger partial charge in [-0.05, 0) is 6.92 Å². The summed E-state index contributed by atoms with van der Waals surface area (Å²) >= 11 is 0. The van der Waals surface area contributed by atoms with Crippen LogP contribution in [0.4, 0.5) is 17.5 Å². The van der Waals surface area contributed by atoms with E-state index in [0.29, 0.717) is 0 Å². The van der Waals surface area contributed by atoms with Crippen molar-refractivity contribution in [3.05, 3.63) is 16.3 Å². The molecule has 0 amide bonds. The van der Waals surface area contributed by atoms with Gasteiger partial charge >= 0.3 is 5.69 Å². The van der Waals surface area contributed by atoms with E-state index < -0.39 is 4.92 Å². The number of hydrogen-bond acceptors (Lipinski definition) is 8. The fourth-order valence-electron chi connectivity index (χ4n) is 0.964. The van der Waals surface area contributed by atoms with Gasteiger partial charge in [0.15, 0.2) is 0 Å². The van der Waals surface area contributed by atoms with E-state index >= 15 is 0 Å². The molecule has 1 atom stereocenters. The van der Waals surface area contributed by atoms with Gasteiger partial charge in [-0.3, -0.25) is 15.5 Å². The normalized spacial score (nSPS) is 11.9. The Morgan fingerprint density at radius 2 is 2.44 bits per heavy atom. The van der Waals surface area contributed by atoms with Crippen LogP contribution < -0.4 is 16.6 Å². The summed E-state index contributed by atoms with van der Waals surface area (Å²) in [4.78, 5) is 17.5. The molecule has 0 radical (unpaired) electrons. The maximum atomic E-state index is 10.7. The van der Waals surface area contributed by atoms with E-state index in [4.69, 9.17) is 10.9 Å². The number of nitrogens with two attached hydrogens (primary N) is 1. The highest BCUT2D eigenvalue weighted by Crippen LogP contribution is 2.22. The maximum absolute atomic E-state index is 10.7. The Hall–Kier alpha value is -2.00. The smallest absolute Gasteiger partial charge is 0.329 e. The Morgan fingerprint density at radius 1 is 1.75 bits per heavy atom. The quantitative estimate of drug-likeness (QED) is 0.299. The van der Waals surface area contributed by atoms with Crippen LogP contribution in [0.2, 0.25) is 0 Å². The van der Waals surface area contributed by atoms with Gasteiger partial charge in [0.2, 0.25) is 11.8 Å². The van der Waals surface area contributed by atoms with E-state index in [0.717, 1.165) is 6.20 Å². The number of anilines is 2. The second-order valence-electron chi connectivity index (χ2n) is 3.06. The number of nitrogens with one attached hydrogen (secondary N) is 2. The predicted octanol–water partition coefficient (Wildman–Crippen LogP) is -0.537. The highest BCUT2D eigenvalue weighted by atomic mass is 16.6. The predicted molar refractivity (Wildman–Crippen MR) is 56.7 cm³/mol. The van der Waals surface area contributed by atoms with Gasteiger partial charge in [-0.1, -0.05) is 0 Å². The molecule has 0 saturated carbocycles. The van der Waals surface area contributed by atoms with Crippen molar-refractivity contribution in [1.29, 1.82) is 0 Å². The topological polar surface area (TPSA) is 139 Å². The van der Waals surface area contributed by atoms with E-state index in [2.05, 4.69) is 20.7 Å². The number of nitrogen functional groups attached to an aromatic ring is 1. The molecule has 1 aromatic rings. The molecule has 88 valence electrons. The van der Waals surface area contributed by atoms with Gasteiger partial charge in [0.1, 0.15) is 6.20 Å². The zero-order valence-electron chi connectivity index (χ0n) is 8.54. The minimum absolute atomic E-state index is 0.00880. The van der Waals surface area contributed by atoms with E-state index in [1.165, 1.54) is 0 Å². The first-order valence-electron chi connectivity index (χ1n) is 4.44. The van der Waals surface area contributed by atoms with Gasteiger partial charge in [-0.2, -0.15) is 4.98 Å². The van der Waals surface area contributed by atoms with Crippen molar-refractivity contribution in [3.63, 3.8) is 0 Å². The summed E-state index contributed by atoms with van der Waals surface area (Å²) in [5.41, 5.74) is 1.90. The molecule has 1 aromatic heterocycles. The van der Waals surface area contributed by atoms with Crippen LogP contribution >= 0.6 is 0 Å². The average Bonchev–Trinajstić information content (AvgIpc) is 2.28. The van der Waals surface area contributed by atoms with E-state index in [1.54, 1.807) is 6.92 Å². The lowest BCUT2D eigenvalue weighted by atomic mass is 10.3. The summed E-state index contributed by atoms with van der Waals surface area (Å²) in [6, 6.07) is -0.362. The molecule has 0 aliphatic heterocycles. The van der Waals surface area contributed by atoms with Crippen molar-refractivity contribution >= 4 is 17.5 Å². The molecule has 0 spiro atoms. The number of hydrazine groups is 1. The number of aliphatic hydroxyl groups is 1. The monoisotopic (exact) mass is 228 g/mol. The van der Waals surface area contributed by atoms with Crippen LogP contribution in [0.25, 0.3) is 0 Å². The van der Waals surface area contributed by atoms with E-state index in [1.807, 2.05) is 0 Å². The van der Waals surface area contributed by atoms with E-state index in [-0.39, 0.29) is 30.1 Å². The molecule has 1 unspecified atom stereocenters. The molecule has 1 heterocycles.